The molecule has 2 unspecified atom stereocenters. The zero-order valence-electron chi connectivity index (χ0n) is 16.5. The summed E-state index contributed by atoms with van der Waals surface area (Å²) in [4.78, 5) is 58.1. The van der Waals surface area contributed by atoms with Gasteiger partial charge in [-0.1, -0.05) is 0 Å². The molecule has 1 rings (SSSR count). The normalized spacial score (nSPS) is 29.2. The van der Waals surface area contributed by atoms with Gasteiger partial charge in [0.05, 0.1) is 0 Å². The van der Waals surface area contributed by atoms with E-state index in [1.54, 1.807) is 0 Å². The Bertz CT molecular complexity index is 585. The van der Waals surface area contributed by atoms with E-state index in [0.29, 0.717) is 0 Å². The molecule has 0 aromatic heterocycles. The van der Waals surface area contributed by atoms with Crippen molar-refractivity contribution >= 4 is 29.8 Å². The molecule has 0 amide bonds. The second kappa shape index (κ2) is 10.0. The van der Waals surface area contributed by atoms with Gasteiger partial charge in [-0.25, -0.2) is 0 Å². The topological polar surface area (TPSA) is 141 Å². The Labute approximate surface area is 161 Å². The summed E-state index contributed by atoms with van der Waals surface area (Å²) in [5.41, 5.74) is 0. The van der Waals surface area contributed by atoms with Crippen molar-refractivity contribution in [3.63, 3.8) is 0 Å². The van der Waals surface area contributed by atoms with Gasteiger partial charge in [0, 0.05) is 41.7 Å². The van der Waals surface area contributed by atoms with Crippen molar-refractivity contribution in [2.45, 2.75) is 71.2 Å². The fourth-order valence-corrected chi connectivity index (χ4v) is 3.02. The lowest BCUT2D eigenvalue weighted by atomic mass is 9.83. The molecule has 0 aromatic carbocycles. The van der Waals surface area contributed by atoms with E-state index in [-0.39, 0.29) is 0 Å². The molecule has 0 spiro atoms. The van der Waals surface area contributed by atoms with Crippen molar-refractivity contribution in [1.29, 1.82) is 0 Å². The Kier molecular flexibility index (Phi) is 8.35. The van der Waals surface area contributed by atoms with E-state index in [4.69, 9.17) is 28.4 Å². The maximum Gasteiger partial charge on any atom is 0.303 e. The second-order valence-electron chi connectivity index (χ2n) is 6.07. The van der Waals surface area contributed by atoms with Gasteiger partial charge in [0.1, 0.15) is 6.10 Å². The van der Waals surface area contributed by atoms with Crippen molar-refractivity contribution in [1.82, 2.24) is 0 Å². The van der Waals surface area contributed by atoms with E-state index >= 15 is 0 Å². The van der Waals surface area contributed by atoms with Crippen molar-refractivity contribution < 1.29 is 52.4 Å². The first kappa shape index (κ1) is 23.3. The average Bonchev–Trinajstić information content (AvgIpc) is 2.52. The molecule has 0 radical (unpaired) electrons. The summed E-state index contributed by atoms with van der Waals surface area (Å²) in [6.45, 7) is 5.49. The number of methoxy groups -OCH3 is 1. The minimum atomic E-state index is -1.43. The lowest BCUT2D eigenvalue weighted by Gasteiger charge is -2.46. The van der Waals surface area contributed by atoms with Gasteiger partial charge < -0.3 is 28.4 Å². The van der Waals surface area contributed by atoms with Crippen molar-refractivity contribution in [2.75, 3.05) is 7.11 Å². The molecule has 0 saturated heterocycles. The Hall–Kier alpha value is -2.69. The fourth-order valence-electron chi connectivity index (χ4n) is 3.02. The Morgan fingerprint density at radius 3 is 0.750 bits per heavy atom. The quantitative estimate of drug-likeness (QED) is 0.424. The van der Waals surface area contributed by atoms with Gasteiger partial charge in [-0.15, -0.1) is 0 Å². The monoisotopic (exact) mass is 404 g/mol. The Morgan fingerprint density at radius 1 is 0.429 bits per heavy atom. The molecule has 1 fully saturated rings. The van der Waals surface area contributed by atoms with Gasteiger partial charge in [-0.05, 0) is 0 Å². The first-order valence-electron chi connectivity index (χ1n) is 8.36. The zero-order chi connectivity index (χ0) is 21.6. The van der Waals surface area contributed by atoms with Crippen LogP contribution in [0.15, 0.2) is 0 Å². The van der Waals surface area contributed by atoms with Crippen LogP contribution in [0, 0.1) is 0 Å². The van der Waals surface area contributed by atoms with Crippen LogP contribution in [0.2, 0.25) is 0 Å². The lowest BCUT2D eigenvalue weighted by Crippen LogP contribution is -2.68. The summed E-state index contributed by atoms with van der Waals surface area (Å²) in [5, 5.41) is 0. The highest BCUT2D eigenvalue weighted by molar-refractivity contribution is 5.70. The minimum Gasteiger partial charge on any atom is -0.455 e. The zero-order valence-corrected chi connectivity index (χ0v) is 16.5. The van der Waals surface area contributed by atoms with Crippen LogP contribution in [0.25, 0.3) is 0 Å². The molecule has 0 aliphatic heterocycles. The molecule has 0 bridgehead atoms. The average molecular weight is 404 g/mol. The maximum atomic E-state index is 11.6. The van der Waals surface area contributed by atoms with Gasteiger partial charge >= 0.3 is 29.8 Å². The predicted octanol–water partition coefficient (Wildman–Crippen LogP) is -0.326. The van der Waals surface area contributed by atoms with Crippen molar-refractivity contribution in [3.05, 3.63) is 0 Å². The molecule has 6 atom stereocenters. The van der Waals surface area contributed by atoms with Gasteiger partial charge in [-0.3, -0.25) is 24.0 Å². The molecule has 0 aromatic rings. The molecule has 11 heteroatoms. The van der Waals surface area contributed by atoms with Crippen LogP contribution in [-0.2, 0) is 52.4 Å². The van der Waals surface area contributed by atoms with Crippen LogP contribution < -0.4 is 0 Å². The van der Waals surface area contributed by atoms with Crippen LogP contribution in [0.3, 0.4) is 0 Å². The summed E-state index contributed by atoms with van der Waals surface area (Å²) >= 11 is 0. The highest BCUT2D eigenvalue weighted by Crippen LogP contribution is 2.34. The van der Waals surface area contributed by atoms with E-state index in [2.05, 4.69) is 0 Å². The molecule has 1 aliphatic carbocycles. The lowest BCUT2D eigenvalue weighted by molar-refractivity contribution is -0.259. The molecule has 1 aliphatic rings. The summed E-state index contributed by atoms with van der Waals surface area (Å²) in [7, 11) is 1.24. The summed E-state index contributed by atoms with van der Waals surface area (Å²) in [5.74, 6) is -3.85. The predicted molar refractivity (Wildman–Crippen MR) is 88.6 cm³/mol. The van der Waals surface area contributed by atoms with E-state index in [0.717, 1.165) is 34.6 Å². The van der Waals surface area contributed by atoms with Crippen LogP contribution in [0.1, 0.15) is 34.6 Å². The van der Waals surface area contributed by atoms with Gasteiger partial charge in [0.25, 0.3) is 0 Å². The standard InChI is InChI=1S/C17H24O11/c1-7(18)24-13-12(23-6)14(25-8(2)19)16(27-10(4)21)17(28-11(5)22)15(13)26-9(3)20/h12-17H,1-6H3/t12?,13-,14-,15-,16+,17?/m1/s1. The Morgan fingerprint density at radius 2 is 0.607 bits per heavy atom. The first-order valence-corrected chi connectivity index (χ1v) is 8.36. The first-order chi connectivity index (χ1) is 13.0. The van der Waals surface area contributed by atoms with Crippen LogP contribution in [0.4, 0.5) is 0 Å². The van der Waals surface area contributed by atoms with Gasteiger partial charge in [0.2, 0.25) is 0 Å². The van der Waals surface area contributed by atoms with E-state index in [1.807, 2.05) is 0 Å². The summed E-state index contributed by atoms with van der Waals surface area (Å²) < 4.78 is 31.4. The third kappa shape index (κ3) is 6.19. The number of hydrogen-bond donors (Lipinski definition) is 0. The maximum absolute atomic E-state index is 11.6. The number of ether oxygens (including phenoxy) is 6. The van der Waals surface area contributed by atoms with Crippen molar-refractivity contribution in [3.8, 4) is 0 Å². The van der Waals surface area contributed by atoms with Gasteiger partial charge in [0.15, 0.2) is 30.5 Å². The summed E-state index contributed by atoms with van der Waals surface area (Å²) in [6.07, 6.45) is -8.00. The molecule has 28 heavy (non-hydrogen) atoms. The number of carbonyl (C=O) groups excluding carboxylic acids is 5. The van der Waals surface area contributed by atoms with Crippen LogP contribution in [0.5, 0.6) is 0 Å². The largest absolute Gasteiger partial charge is 0.455 e. The SMILES string of the molecule is COC1[C@@H](OC(C)=O)[C@H](OC(C)=O)C(OC(C)=O)[C@H](OC(C)=O)[C@@H]1OC(C)=O. The highest BCUT2D eigenvalue weighted by atomic mass is 16.7. The van der Waals surface area contributed by atoms with E-state index < -0.39 is 66.5 Å². The van der Waals surface area contributed by atoms with Gasteiger partial charge in [-0.2, -0.15) is 0 Å². The minimum absolute atomic E-state index is 0.752. The Balaban J connectivity index is 3.54. The third-order valence-corrected chi connectivity index (χ3v) is 3.73. The molecule has 158 valence electrons. The number of carbonyl (C=O) groups is 5. The highest BCUT2D eigenvalue weighted by Gasteiger charge is 2.59. The molecule has 0 heterocycles. The summed E-state index contributed by atoms with van der Waals surface area (Å²) in [6, 6.07) is 0. The number of esters is 5. The van der Waals surface area contributed by atoms with E-state index in [9.17, 15) is 24.0 Å². The molecular weight excluding hydrogens is 380 g/mol. The third-order valence-electron chi connectivity index (χ3n) is 3.73. The second-order valence-corrected chi connectivity index (χ2v) is 6.07. The number of hydrogen-bond acceptors (Lipinski definition) is 11. The van der Waals surface area contributed by atoms with Crippen LogP contribution >= 0.6 is 0 Å². The fraction of sp³-hybridized carbons (Fsp3) is 0.706. The van der Waals surface area contributed by atoms with Crippen LogP contribution in [-0.4, -0.2) is 73.6 Å². The number of rotatable bonds is 6. The molecule has 0 N–H and O–H groups in total. The molecular formula is C17H24O11. The van der Waals surface area contributed by atoms with E-state index in [1.165, 1.54) is 7.11 Å². The molecule has 1 saturated carbocycles. The molecule has 11 nitrogen and oxygen atoms in total. The van der Waals surface area contributed by atoms with Crippen molar-refractivity contribution in [2.24, 2.45) is 0 Å². The smallest absolute Gasteiger partial charge is 0.303 e.